The van der Waals surface area contributed by atoms with E-state index in [9.17, 15) is 8.78 Å². The maximum Gasteiger partial charge on any atom is 0.191 e. The number of anilines is 2. The van der Waals surface area contributed by atoms with Crippen molar-refractivity contribution in [1.82, 2.24) is 20.5 Å². The lowest BCUT2D eigenvalue weighted by molar-refractivity contribution is 0.312. The molecule has 0 aliphatic carbocycles. The number of rotatable bonds is 5. The Morgan fingerprint density at radius 2 is 1.79 bits per heavy atom. The van der Waals surface area contributed by atoms with Gasteiger partial charge in [-0.1, -0.05) is 12.1 Å². The number of guanidine groups is 1. The molecule has 0 bridgehead atoms. The zero-order valence-corrected chi connectivity index (χ0v) is 21.4. The maximum atomic E-state index is 14.1. The molecule has 2 aromatic rings. The van der Waals surface area contributed by atoms with Crippen LogP contribution < -0.4 is 20.4 Å². The number of hydrogen-bond donors (Lipinski definition) is 2. The molecule has 1 aromatic carbocycles. The lowest BCUT2D eigenvalue weighted by atomic mass is 10.2. The molecule has 2 saturated heterocycles. The molecule has 2 N–H and O–H groups in total. The minimum atomic E-state index is -0.527. The predicted molar refractivity (Wildman–Crippen MR) is 140 cm³/mol. The first-order valence-corrected chi connectivity index (χ1v) is 11.1. The quantitative estimate of drug-likeness (QED) is 0.327. The number of aliphatic imine (C=N–C) groups is 1. The van der Waals surface area contributed by atoms with Crippen molar-refractivity contribution in [2.24, 2.45) is 4.99 Å². The monoisotopic (exact) mass is 571 g/mol. The summed E-state index contributed by atoms with van der Waals surface area (Å²) in [6.45, 7) is 5.64. The van der Waals surface area contributed by atoms with Crippen LogP contribution >= 0.6 is 24.0 Å². The van der Waals surface area contributed by atoms with Crippen LogP contribution in [0.25, 0.3) is 0 Å². The van der Waals surface area contributed by atoms with E-state index >= 15 is 0 Å². The molecule has 0 saturated carbocycles. The third-order valence-electron chi connectivity index (χ3n) is 6.12. The van der Waals surface area contributed by atoms with Crippen molar-refractivity contribution >= 4 is 41.4 Å². The van der Waals surface area contributed by atoms with Gasteiger partial charge >= 0.3 is 0 Å². The molecule has 1 aromatic heterocycles. The average Bonchev–Trinajstić information content (AvgIpc) is 3.25. The van der Waals surface area contributed by atoms with Crippen LogP contribution in [0.3, 0.4) is 0 Å². The maximum absolute atomic E-state index is 14.1. The van der Waals surface area contributed by atoms with Gasteiger partial charge in [-0.3, -0.25) is 4.99 Å². The molecular weight excluding hydrogens is 539 g/mol. The fraction of sp³-hybridized carbons (Fsp3) is 0.478. The molecule has 1 unspecified atom stereocenters. The summed E-state index contributed by atoms with van der Waals surface area (Å²) in [5.74, 6) is 0.618. The third kappa shape index (κ3) is 6.23. The fourth-order valence-corrected chi connectivity index (χ4v) is 4.31. The molecule has 4 rings (SSSR count). The number of halogens is 3. The van der Waals surface area contributed by atoms with Crippen LogP contribution in [0.2, 0.25) is 0 Å². The molecule has 0 amide bonds. The lowest BCUT2D eigenvalue weighted by Gasteiger charge is -2.34. The Balaban J connectivity index is 0.00000306. The van der Waals surface area contributed by atoms with Crippen LogP contribution in [-0.2, 0) is 6.54 Å². The van der Waals surface area contributed by atoms with Crippen LogP contribution in [0.4, 0.5) is 20.3 Å². The Hall–Kier alpha value is -2.21. The largest absolute Gasteiger partial charge is 0.365 e. The molecule has 10 heteroatoms. The number of nitrogens with one attached hydrogen (secondary N) is 2. The van der Waals surface area contributed by atoms with E-state index in [1.165, 1.54) is 18.2 Å². The topological polar surface area (TPSA) is 59.0 Å². The van der Waals surface area contributed by atoms with Crippen molar-refractivity contribution in [3.05, 3.63) is 53.7 Å². The first-order chi connectivity index (χ1) is 15.5. The van der Waals surface area contributed by atoms with E-state index < -0.39 is 11.6 Å². The first-order valence-electron chi connectivity index (χ1n) is 11.1. The van der Waals surface area contributed by atoms with Crippen LogP contribution in [0, 0.1) is 11.6 Å². The van der Waals surface area contributed by atoms with Crippen LogP contribution in [0.1, 0.15) is 12.0 Å². The van der Waals surface area contributed by atoms with Crippen LogP contribution in [0.5, 0.6) is 0 Å². The van der Waals surface area contributed by atoms with Crippen LogP contribution in [-0.4, -0.2) is 75.2 Å². The number of likely N-dealkylation sites (N-methyl/N-ethyl adjacent to an activating group) is 1. The van der Waals surface area contributed by atoms with E-state index in [-0.39, 0.29) is 35.7 Å². The van der Waals surface area contributed by atoms with Crippen molar-refractivity contribution in [2.45, 2.75) is 19.0 Å². The van der Waals surface area contributed by atoms with E-state index in [0.29, 0.717) is 25.6 Å². The summed E-state index contributed by atoms with van der Waals surface area (Å²) in [4.78, 5) is 15.4. The van der Waals surface area contributed by atoms with Gasteiger partial charge in [0, 0.05) is 70.7 Å². The lowest BCUT2D eigenvalue weighted by Crippen LogP contribution is -2.46. The second-order valence-electron chi connectivity index (χ2n) is 8.35. The molecular formula is C23H32F2IN7. The van der Waals surface area contributed by atoms with E-state index in [1.807, 2.05) is 12.3 Å². The van der Waals surface area contributed by atoms with Crippen molar-refractivity contribution in [1.29, 1.82) is 0 Å². The second kappa shape index (κ2) is 11.8. The van der Waals surface area contributed by atoms with Gasteiger partial charge in [-0.25, -0.2) is 13.8 Å². The highest BCUT2D eigenvalue weighted by Gasteiger charge is 2.27. The molecule has 2 fully saturated rings. The molecule has 1 atom stereocenters. The zero-order chi connectivity index (χ0) is 22.5. The molecule has 0 radical (unpaired) electrons. The van der Waals surface area contributed by atoms with Gasteiger partial charge in [-0.15, -0.1) is 24.0 Å². The summed E-state index contributed by atoms with van der Waals surface area (Å²) in [6, 6.07) is 8.06. The summed E-state index contributed by atoms with van der Waals surface area (Å²) < 4.78 is 28.3. The Bertz CT molecular complexity index is 930. The number of para-hydroxylation sites is 1. The standard InChI is InChI=1S/C23H31F2N7.HI/c1-26-23(29-18-8-10-32(16-18)21-19(24)6-3-7-20(21)25)28-15-17-5-4-9-27-22(17)31-13-11-30(2)12-14-31;/h3-7,9,18H,8,10-16H2,1-2H3,(H2,26,28,29);1H. The predicted octanol–water partition coefficient (Wildman–Crippen LogP) is 2.67. The normalized spacial score (nSPS) is 19.4. The number of benzene rings is 1. The highest BCUT2D eigenvalue weighted by atomic mass is 127. The Morgan fingerprint density at radius 1 is 1.06 bits per heavy atom. The summed E-state index contributed by atoms with van der Waals surface area (Å²) in [7, 11) is 3.86. The molecule has 33 heavy (non-hydrogen) atoms. The summed E-state index contributed by atoms with van der Waals surface area (Å²) >= 11 is 0. The molecule has 2 aliphatic heterocycles. The smallest absolute Gasteiger partial charge is 0.191 e. The number of nitrogens with zero attached hydrogens (tertiary/aromatic N) is 5. The zero-order valence-electron chi connectivity index (χ0n) is 19.1. The van der Waals surface area contributed by atoms with Gasteiger partial charge in [0.2, 0.25) is 0 Å². The summed E-state index contributed by atoms with van der Waals surface area (Å²) in [5, 5.41) is 6.76. The van der Waals surface area contributed by atoms with Gasteiger partial charge in [0.1, 0.15) is 23.1 Å². The van der Waals surface area contributed by atoms with Gasteiger partial charge in [-0.2, -0.15) is 0 Å². The van der Waals surface area contributed by atoms with E-state index in [1.54, 1.807) is 11.9 Å². The molecule has 180 valence electrons. The number of aromatic nitrogens is 1. The van der Waals surface area contributed by atoms with E-state index in [0.717, 1.165) is 44.0 Å². The SMILES string of the molecule is CN=C(NCc1cccnc1N1CCN(C)CC1)NC1CCN(c2c(F)cccc2F)C1.I. The minimum Gasteiger partial charge on any atom is -0.365 e. The van der Waals surface area contributed by atoms with Gasteiger partial charge in [0.05, 0.1) is 0 Å². The van der Waals surface area contributed by atoms with Gasteiger partial charge in [0.25, 0.3) is 0 Å². The van der Waals surface area contributed by atoms with Crippen molar-refractivity contribution in [2.75, 3.05) is 63.2 Å². The Kier molecular flexibility index (Phi) is 9.07. The number of piperazine rings is 1. The van der Waals surface area contributed by atoms with Crippen molar-refractivity contribution in [3.8, 4) is 0 Å². The number of pyridine rings is 1. The van der Waals surface area contributed by atoms with E-state index in [2.05, 4.69) is 43.5 Å². The third-order valence-corrected chi connectivity index (χ3v) is 6.12. The Morgan fingerprint density at radius 3 is 2.48 bits per heavy atom. The van der Waals surface area contributed by atoms with Gasteiger partial charge in [-0.05, 0) is 31.7 Å². The fourth-order valence-electron chi connectivity index (χ4n) is 4.31. The Labute approximate surface area is 211 Å². The van der Waals surface area contributed by atoms with Crippen molar-refractivity contribution < 1.29 is 8.78 Å². The molecule has 2 aliphatic rings. The first kappa shape index (κ1) is 25.4. The van der Waals surface area contributed by atoms with Crippen molar-refractivity contribution in [3.63, 3.8) is 0 Å². The molecule has 7 nitrogen and oxygen atoms in total. The second-order valence-corrected chi connectivity index (χ2v) is 8.35. The molecule has 0 spiro atoms. The van der Waals surface area contributed by atoms with Gasteiger partial charge < -0.3 is 25.3 Å². The molecule has 3 heterocycles. The number of hydrogen-bond acceptors (Lipinski definition) is 5. The van der Waals surface area contributed by atoms with E-state index in [4.69, 9.17) is 0 Å². The minimum absolute atomic E-state index is 0. The average molecular weight is 571 g/mol. The van der Waals surface area contributed by atoms with Gasteiger partial charge in [0.15, 0.2) is 5.96 Å². The highest BCUT2D eigenvalue weighted by molar-refractivity contribution is 14.0. The summed E-state index contributed by atoms with van der Waals surface area (Å²) in [6.07, 6.45) is 2.60. The highest BCUT2D eigenvalue weighted by Crippen LogP contribution is 2.26. The van der Waals surface area contributed by atoms with Crippen LogP contribution in [0.15, 0.2) is 41.5 Å². The summed E-state index contributed by atoms with van der Waals surface area (Å²) in [5.41, 5.74) is 1.16.